The second kappa shape index (κ2) is 4.35. The van der Waals surface area contributed by atoms with Crippen molar-refractivity contribution in [1.29, 1.82) is 0 Å². The Morgan fingerprint density at radius 3 is 3.07 bits per heavy atom. The Morgan fingerprint density at radius 2 is 2.33 bits per heavy atom. The largest absolute Gasteiger partial charge is 0.463 e. The van der Waals surface area contributed by atoms with E-state index in [0.717, 1.165) is 21.0 Å². The molecule has 2 N–H and O–H groups in total. The van der Waals surface area contributed by atoms with Crippen molar-refractivity contribution in [1.82, 2.24) is 5.32 Å². The van der Waals surface area contributed by atoms with Crippen LogP contribution in [0.3, 0.4) is 0 Å². The first kappa shape index (κ1) is 10.7. The van der Waals surface area contributed by atoms with E-state index in [1.54, 1.807) is 6.26 Å². The van der Waals surface area contributed by atoms with Gasteiger partial charge in [0, 0.05) is 11.9 Å². The van der Waals surface area contributed by atoms with Gasteiger partial charge in [0.05, 0.1) is 10.6 Å². The van der Waals surface area contributed by atoms with Gasteiger partial charge in [0.1, 0.15) is 11.8 Å². The fraction of sp³-hybridized carbons (Fsp3) is 0.273. The van der Waals surface area contributed by atoms with Crippen molar-refractivity contribution in [2.24, 2.45) is 0 Å². The van der Waals surface area contributed by atoms with Gasteiger partial charge in [0.15, 0.2) is 0 Å². The molecule has 1 atom stereocenters. The zero-order valence-electron chi connectivity index (χ0n) is 8.33. The molecule has 80 valence electrons. The number of hydrogen-bond acceptors (Lipinski definition) is 3. The molecule has 0 aliphatic rings. The van der Waals surface area contributed by atoms with Crippen LogP contribution in [0.1, 0.15) is 11.7 Å². The third-order valence-electron chi connectivity index (χ3n) is 2.33. The van der Waals surface area contributed by atoms with Crippen molar-refractivity contribution in [2.45, 2.75) is 6.10 Å². The highest BCUT2D eigenvalue weighted by molar-refractivity contribution is 9.10. The molecule has 0 aliphatic heterocycles. The minimum Gasteiger partial charge on any atom is -0.463 e. The van der Waals surface area contributed by atoms with Crippen molar-refractivity contribution in [3.8, 4) is 0 Å². The smallest absolute Gasteiger partial charge is 0.135 e. The summed E-state index contributed by atoms with van der Waals surface area (Å²) >= 11 is 3.40. The number of nitrogens with one attached hydrogen (secondary N) is 1. The van der Waals surface area contributed by atoms with Crippen molar-refractivity contribution >= 4 is 26.9 Å². The fourth-order valence-electron chi connectivity index (χ4n) is 1.53. The third-order valence-corrected chi connectivity index (χ3v) is 2.95. The molecule has 1 unspecified atom stereocenters. The molecule has 4 heteroatoms. The first-order valence-corrected chi connectivity index (χ1v) is 5.51. The van der Waals surface area contributed by atoms with E-state index in [1.165, 1.54) is 0 Å². The number of likely N-dealkylation sites (N-methyl/N-ethyl adjacent to an activating group) is 1. The van der Waals surface area contributed by atoms with Crippen LogP contribution in [0.2, 0.25) is 0 Å². The van der Waals surface area contributed by atoms with E-state index in [9.17, 15) is 5.11 Å². The predicted molar refractivity (Wildman–Crippen MR) is 62.8 cm³/mol. The molecule has 0 aliphatic carbocycles. The lowest BCUT2D eigenvalue weighted by molar-refractivity contribution is 0.178. The number of fused-ring (bicyclic) bond motifs is 1. The summed E-state index contributed by atoms with van der Waals surface area (Å²) in [5, 5.41) is 13.7. The van der Waals surface area contributed by atoms with Gasteiger partial charge < -0.3 is 14.8 Å². The van der Waals surface area contributed by atoms with Crippen LogP contribution >= 0.6 is 15.9 Å². The van der Waals surface area contributed by atoms with Gasteiger partial charge in [-0.15, -0.1) is 0 Å². The zero-order valence-corrected chi connectivity index (χ0v) is 9.91. The standard InChI is InChI=1S/C11H12BrNO2/c1-13-5-10(14)7-2-3-11-8(4-7)9(12)6-15-11/h2-4,6,10,13-14H,5H2,1H3. The van der Waals surface area contributed by atoms with Crippen molar-refractivity contribution < 1.29 is 9.52 Å². The van der Waals surface area contributed by atoms with Crippen molar-refractivity contribution in [3.05, 3.63) is 34.5 Å². The average molecular weight is 270 g/mol. The lowest BCUT2D eigenvalue weighted by Crippen LogP contribution is -2.16. The topological polar surface area (TPSA) is 45.4 Å². The van der Waals surface area contributed by atoms with Crippen LogP contribution in [0.5, 0.6) is 0 Å². The summed E-state index contributed by atoms with van der Waals surface area (Å²) in [6.45, 7) is 0.543. The quantitative estimate of drug-likeness (QED) is 0.900. The summed E-state index contributed by atoms with van der Waals surface area (Å²) in [6.07, 6.45) is 1.17. The Bertz CT molecular complexity index is 467. The predicted octanol–water partition coefficient (Wildman–Crippen LogP) is 2.45. The van der Waals surface area contributed by atoms with E-state index < -0.39 is 6.10 Å². The van der Waals surface area contributed by atoms with Gasteiger partial charge in [0.2, 0.25) is 0 Å². The molecular formula is C11H12BrNO2. The molecule has 3 nitrogen and oxygen atoms in total. The maximum Gasteiger partial charge on any atom is 0.135 e. The Kier molecular flexibility index (Phi) is 3.09. The van der Waals surface area contributed by atoms with Crippen LogP contribution in [-0.4, -0.2) is 18.7 Å². The molecule has 0 radical (unpaired) electrons. The van der Waals surface area contributed by atoms with E-state index in [-0.39, 0.29) is 0 Å². The highest BCUT2D eigenvalue weighted by atomic mass is 79.9. The minimum absolute atomic E-state index is 0.485. The van der Waals surface area contributed by atoms with E-state index >= 15 is 0 Å². The number of furan rings is 1. The normalized spacial score (nSPS) is 13.3. The van der Waals surface area contributed by atoms with Crippen LogP contribution in [0.25, 0.3) is 11.0 Å². The number of benzene rings is 1. The zero-order chi connectivity index (χ0) is 10.8. The van der Waals surface area contributed by atoms with Gasteiger partial charge in [-0.25, -0.2) is 0 Å². The van der Waals surface area contributed by atoms with Crippen LogP contribution in [0.4, 0.5) is 0 Å². The monoisotopic (exact) mass is 269 g/mol. The van der Waals surface area contributed by atoms with E-state index in [1.807, 2.05) is 25.2 Å². The molecule has 0 amide bonds. The van der Waals surface area contributed by atoms with E-state index in [2.05, 4.69) is 21.2 Å². The molecule has 0 bridgehead atoms. The molecule has 1 aromatic carbocycles. The number of hydrogen-bond donors (Lipinski definition) is 2. The van der Waals surface area contributed by atoms with Crippen LogP contribution in [0, 0.1) is 0 Å². The molecule has 15 heavy (non-hydrogen) atoms. The highest BCUT2D eigenvalue weighted by Gasteiger charge is 2.09. The number of aliphatic hydroxyl groups excluding tert-OH is 1. The Balaban J connectivity index is 2.41. The van der Waals surface area contributed by atoms with Gasteiger partial charge >= 0.3 is 0 Å². The molecule has 1 heterocycles. The fourth-order valence-corrected chi connectivity index (χ4v) is 1.94. The molecule has 0 fully saturated rings. The van der Waals surface area contributed by atoms with Crippen LogP contribution in [-0.2, 0) is 0 Å². The molecule has 1 aromatic heterocycles. The third kappa shape index (κ3) is 2.07. The molecule has 2 rings (SSSR count). The van der Waals surface area contributed by atoms with E-state index in [0.29, 0.717) is 6.54 Å². The summed E-state index contributed by atoms with van der Waals surface area (Å²) in [5.74, 6) is 0. The maximum atomic E-state index is 9.80. The maximum absolute atomic E-state index is 9.80. The lowest BCUT2D eigenvalue weighted by atomic mass is 10.1. The Hall–Kier alpha value is -0.840. The van der Waals surface area contributed by atoms with Gasteiger partial charge in [-0.1, -0.05) is 6.07 Å². The molecular weight excluding hydrogens is 258 g/mol. The van der Waals surface area contributed by atoms with Crippen molar-refractivity contribution in [3.63, 3.8) is 0 Å². The van der Waals surface area contributed by atoms with Crippen LogP contribution in [0.15, 0.2) is 33.4 Å². The van der Waals surface area contributed by atoms with Crippen molar-refractivity contribution in [2.75, 3.05) is 13.6 Å². The summed E-state index contributed by atoms with van der Waals surface area (Å²) in [6, 6.07) is 5.68. The average Bonchev–Trinajstić information content (AvgIpc) is 2.60. The lowest BCUT2D eigenvalue weighted by Gasteiger charge is -2.09. The minimum atomic E-state index is -0.485. The number of aliphatic hydroxyl groups is 1. The first-order valence-electron chi connectivity index (χ1n) is 4.71. The van der Waals surface area contributed by atoms with E-state index in [4.69, 9.17) is 4.42 Å². The Labute approximate surface area is 96.2 Å². The summed E-state index contributed by atoms with van der Waals surface area (Å²) in [5.41, 5.74) is 1.71. The van der Waals surface area contributed by atoms with Crippen LogP contribution < -0.4 is 5.32 Å². The highest BCUT2D eigenvalue weighted by Crippen LogP contribution is 2.28. The second-order valence-electron chi connectivity index (χ2n) is 3.41. The van der Waals surface area contributed by atoms with Gasteiger partial charge in [0.25, 0.3) is 0 Å². The number of rotatable bonds is 3. The van der Waals surface area contributed by atoms with Gasteiger partial charge in [-0.3, -0.25) is 0 Å². The summed E-state index contributed by atoms with van der Waals surface area (Å²) < 4.78 is 6.21. The van der Waals surface area contributed by atoms with Gasteiger partial charge in [-0.2, -0.15) is 0 Å². The van der Waals surface area contributed by atoms with Gasteiger partial charge in [-0.05, 0) is 40.7 Å². The molecule has 0 saturated carbocycles. The molecule has 0 spiro atoms. The summed E-state index contributed by atoms with van der Waals surface area (Å²) in [4.78, 5) is 0. The summed E-state index contributed by atoms with van der Waals surface area (Å²) in [7, 11) is 1.81. The molecule has 0 saturated heterocycles. The number of halogens is 1. The first-order chi connectivity index (χ1) is 7.22. The molecule has 2 aromatic rings. The second-order valence-corrected chi connectivity index (χ2v) is 4.27. The Morgan fingerprint density at radius 1 is 1.53 bits per heavy atom. The SMILES string of the molecule is CNCC(O)c1ccc2occ(Br)c2c1.